The minimum absolute atomic E-state index is 0.671. The molecule has 1 aromatic carbocycles. The molecule has 1 fully saturated rings. The quantitative estimate of drug-likeness (QED) is 0.679. The third-order valence-corrected chi connectivity index (χ3v) is 2.60. The molecule has 1 aliphatic carbocycles. The van der Waals surface area contributed by atoms with Crippen molar-refractivity contribution in [1.29, 1.82) is 0 Å². The molecule has 0 aromatic heterocycles. The summed E-state index contributed by atoms with van der Waals surface area (Å²) in [7, 11) is 0. The van der Waals surface area contributed by atoms with Crippen LogP contribution in [0.4, 0.5) is 11.4 Å². The zero-order valence-corrected chi connectivity index (χ0v) is 8.22. The average molecular weight is 176 g/mol. The second kappa shape index (κ2) is 2.95. The summed E-state index contributed by atoms with van der Waals surface area (Å²) in [4.78, 5) is 0. The first-order valence-corrected chi connectivity index (χ1v) is 4.80. The molecule has 0 saturated heterocycles. The summed E-state index contributed by atoms with van der Waals surface area (Å²) < 4.78 is 0. The number of aryl methyl sites for hydroxylation is 2. The van der Waals surface area contributed by atoms with E-state index >= 15 is 0 Å². The van der Waals surface area contributed by atoms with Crippen LogP contribution in [0, 0.1) is 13.8 Å². The number of anilines is 2. The van der Waals surface area contributed by atoms with E-state index in [1.165, 1.54) is 24.0 Å². The maximum absolute atomic E-state index is 5.90. The molecule has 2 rings (SSSR count). The molecule has 0 heterocycles. The second-order valence-electron chi connectivity index (χ2n) is 3.94. The van der Waals surface area contributed by atoms with Crippen molar-refractivity contribution in [2.24, 2.45) is 0 Å². The highest BCUT2D eigenvalue weighted by molar-refractivity contribution is 5.69. The van der Waals surface area contributed by atoms with Gasteiger partial charge in [0.15, 0.2) is 0 Å². The van der Waals surface area contributed by atoms with E-state index in [0.29, 0.717) is 6.04 Å². The first-order valence-electron chi connectivity index (χ1n) is 4.80. The highest BCUT2D eigenvalue weighted by Gasteiger charge is 2.21. The van der Waals surface area contributed by atoms with E-state index in [4.69, 9.17) is 5.73 Å². The molecule has 0 spiro atoms. The van der Waals surface area contributed by atoms with E-state index < -0.39 is 0 Å². The third kappa shape index (κ3) is 1.77. The summed E-state index contributed by atoms with van der Waals surface area (Å²) >= 11 is 0. The molecular weight excluding hydrogens is 160 g/mol. The number of hydrogen-bond acceptors (Lipinski definition) is 2. The molecule has 2 nitrogen and oxygen atoms in total. The zero-order valence-electron chi connectivity index (χ0n) is 8.22. The zero-order chi connectivity index (χ0) is 9.42. The van der Waals surface area contributed by atoms with Crippen LogP contribution in [0.3, 0.4) is 0 Å². The Balaban J connectivity index is 2.27. The Hall–Kier alpha value is -1.18. The summed E-state index contributed by atoms with van der Waals surface area (Å²) in [6, 6.07) is 4.85. The van der Waals surface area contributed by atoms with Crippen LogP contribution in [0.25, 0.3) is 0 Å². The molecule has 13 heavy (non-hydrogen) atoms. The lowest BCUT2D eigenvalue weighted by Crippen LogP contribution is -2.04. The van der Waals surface area contributed by atoms with Crippen LogP contribution in [-0.2, 0) is 0 Å². The normalized spacial score (nSPS) is 15.8. The van der Waals surface area contributed by atoms with Crippen molar-refractivity contribution >= 4 is 11.4 Å². The van der Waals surface area contributed by atoms with Gasteiger partial charge in [0.05, 0.1) is 11.4 Å². The van der Waals surface area contributed by atoms with Crippen LogP contribution in [0.2, 0.25) is 0 Å². The van der Waals surface area contributed by atoms with Gasteiger partial charge in [-0.05, 0) is 49.9 Å². The maximum atomic E-state index is 5.90. The smallest absolute Gasteiger partial charge is 0.0578 e. The average Bonchev–Trinajstić information content (AvgIpc) is 2.84. The molecule has 1 aromatic rings. The minimum atomic E-state index is 0.671. The molecule has 1 aliphatic rings. The molecule has 2 heteroatoms. The standard InChI is InChI=1S/C11H16N2/c1-7-5-10(12)11(6-8(7)2)13-9-3-4-9/h5-6,9,13H,3-4,12H2,1-2H3. The van der Waals surface area contributed by atoms with Crippen molar-refractivity contribution in [2.45, 2.75) is 32.7 Å². The van der Waals surface area contributed by atoms with E-state index in [0.717, 1.165) is 11.4 Å². The van der Waals surface area contributed by atoms with Gasteiger partial charge in [0.25, 0.3) is 0 Å². The van der Waals surface area contributed by atoms with Gasteiger partial charge in [-0.1, -0.05) is 0 Å². The fourth-order valence-corrected chi connectivity index (χ4v) is 1.41. The molecule has 0 unspecified atom stereocenters. The molecule has 0 radical (unpaired) electrons. The van der Waals surface area contributed by atoms with Gasteiger partial charge in [0.2, 0.25) is 0 Å². The van der Waals surface area contributed by atoms with Gasteiger partial charge in [0.1, 0.15) is 0 Å². The lowest BCUT2D eigenvalue weighted by molar-refractivity contribution is 1.15. The number of nitrogens with one attached hydrogen (secondary N) is 1. The fraction of sp³-hybridized carbons (Fsp3) is 0.455. The highest BCUT2D eigenvalue weighted by atomic mass is 15.0. The number of benzene rings is 1. The Morgan fingerprint density at radius 1 is 1.23 bits per heavy atom. The summed E-state index contributed by atoms with van der Waals surface area (Å²) in [5, 5.41) is 3.43. The van der Waals surface area contributed by atoms with Crippen molar-refractivity contribution in [1.82, 2.24) is 0 Å². The Labute approximate surface area is 79.1 Å². The first-order chi connectivity index (χ1) is 6.16. The minimum Gasteiger partial charge on any atom is -0.397 e. The molecule has 70 valence electrons. The Morgan fingerprint density at radius 3 is 2.46 bits per heavy atom. The highest BCUT2D eigenvalue weighted by Crippen LogP contribution is 2.29. The van der Waals surface area contributed by atoms with Crippen LogP contribution in [-0.4, -0.2) is 6.04 Å². The fourth-order valence-electron chi connectivity index (χ4n) is 1.41. The van der Waals surface area contributed by atoms with Crippen molar-refractivity contribution < 1.29 is 0 Å². The van der Waals surface area contributed by atoms with E-state index in [-0.39, 0.29) is 0 Å². The van der Waals surface area contributed by atoms with E-state index in [9.17, 15) is 0 Å². The molecule has 3 N–H and O–H groups in total. The Bertz CT molecular complexity index is 327. The number of nitrogen functional groups attached to an aromatic ring is 1. The van der Waals surface area contributed by atoms with Gasteiger partial charge in [-0.3, -0.25) is 0 Å². The summed E-state index contributed by atoms with van der Waals surface area (Å²) in [6.45, 7) is 4.21. The maximum Gasteiger partial charge on any atom is 0.0578 e. The van der Waals surface area contributed by atoms with Crippen LogP contribution >= 0.6 is 0 Å². The topological polar surface area (TPSA) is 38.0 Å². The largest absolute Gasteiger partial charge is 0.397 e. The van der Waals surface area contributed by atoms with Crippen molar-refractivity contribution in [3.8, 4) is 0 Å². The van der Waals surface area contributed by atoms with Gasteiger partial charge in [0, 0.05) is 6.04 Å². The van der Waals surface area contributed by atoms with Crippen LogP contribution < -0.4 is 11.1 Å². The predicted molar refractivity (Wildman–Crippen MR) is 57.0 cm³/mol. The summed E-state index contributed by atoms with van der Waals surface area (Å²) in [5.41, 5.74) is 10.4. The Kier molecular flexibility index (Phi) is 1.91. The molecule has 0 atom stereocenters. The lowest BCUT2D eigenvalue weighted by atomic mass is 10.1. The van der Waals surface area contributed by atoms with Crippen LogP contribution in [0.15, 0.2) is 12.1 Å². The molecule has 0 aliphatic heterocycles. The Morgan fingerprint density at radius 2 is 1.85 bits per heavy atom. The monoisotopic (exact) mass is 176 g/mol. The van der Waals surface area contributed by atoms with Gasteiger partial charge >= 0.3 is 0 Å². The summed E-state index contributed by atoms with van der Waals surface area (Å²) in [5.74, 6) is 0. The number of hydrogen-bond donors (Lipinski definition) is 2. The lowest BCUT2D eigenvalue weighted by Gasteiger charge is -2.10. The van der Waals surface area contributed by atoms with E-state index in [2.05, 4.69) is 25.2 Å². The van der Waals surface area contributed by atoms with Gasteiger partial charge in [-0.15, -0.1) is 0 Å². The first kappa shape index (κ1) is 8.42. The van der Waals surface area contributed by atoms with Gasteiger partial charge < -0.3 is 11.1 Å². The van der Waals surface area contributed by atoms with E-state index in [1.807, 2.05) is 6.07 Å². The van der Waals surface area contributed by atoms with Gasteiger partial charge in [-0.2, -0.15) is 0 Å². The number of nitrogens with two attached hydrogens (primary N) is 1. The number of rotatable bonds is 2. The molecule has 1 saturated carbocycles. The van der Waals surface area contributed by atoms with Crippen LogP contribution in [0.5, 0.6) is 0 Å². The van der Waals surface area contributed by atoms with Gasteiger partial charge in [-0.25, -0.2) is 0 Å². The molecule has 0 bridgehead atoms. The van der Waals surface area contributed by atoms with Crippen molar-refractivity contribution in [3.63, 3.8) is 0 Å². The van der Waals surface area contributed by atoms with Crippen molar-refractivity contribution in [3.05, 3.63) is 23.3 Å². The second-order valence-corrected chi connectivity index (χ2v) is 3.94. The SMILES string of the molecule is Cc1cc(N)c(NC2CC2)cc1C. The van der Waals surface area contributed by atoms with E-state index in [1.54, 1.807) is 0 Å². The van der Waals surface area contributed by atoms with Crippen molar-refractivity contribution in [2.75, 3.05) is 11.1 Å². The summed E-state index contributed by atoms with van der Waals surface area (Å²) in [6.07, 6.45) is 2.57. The molecule has 0 amide bonds. The predicted octanol–water partition coefficient (Wildman–Crippen LogP) is 2.46. The third-order valence-electron chi connectivity index (χ3n) is 2.60. The molecular formula is C11H16N2. The van der Waals surface area contributed by atoms with Crippen LogP contribution in [0.1, 0.15) is 24.0 Å².